The molecule has 128 valence electrons. The van der Waals surface area contributed by atoms with Crippen molar-refractivity contribution in [3.8, 4) is 0 Å². The summed E-state index contributed by atoms with van der Waals surface area (Å²) in [6.07, 6.45) is 6.44. The molecule has 1 aromatic heterocycles. The number of piperidine rings is 2. The van der Waals surface area contributed by atoms with Gasteiger partial charge in [0.05, 0.1) is 5.41 Å². The van der Waals surface area contributed by atoms with Crippen LogP contribution in [-0.2, 0) is 17.9 Å². The lowest BCUT2D eigenvalue weighted by Crippen LogP contribution is -2.52. The third-order valence-electron chi connectivity index (χ3n) is 5.96. The number of hydrogen-bond donors (Lipinski definition) is 1. The number of aryl methyl sites for hydroxylation is 1. The summed E-state index contributed by atoms with van der Waals surface area (Å²) in [5.74, 6) is 0.392. The van der Waals surface area contributed by atoms with E-state index in [-0.39, 0.29) is 5.41 Å². The first-order valence-electron chi connectivity index (χ1n) is 9.30. The Kier molecular flexibility index (Phi) is 4.09. The third kappa shape index (κ3) is 2.53. The lowest BCUT2D eigenvalue weighted by atomic mass is 9.72. The molecule has 2 saturated heterocycles. The molecule has 2 fully saturated rings. The van der Waals surface area contributed by atoms with Gasteiger partial charge < -0.3 is 14.8 Å². The molecule has 4 heteroatoms. The van der Waals surface area contributed by atoms with E-state index < -0.39 is 0 Å². The fourth-order valence-electron chi connectivity index (χ4n) is 4.59. The number of carbonyl (C=O) groups is 1. The van der Waals surface area contributed by atoms with Crippen LogP contribution in [0.1, 0.15) is 38.2 Å². The summed E-state index contributed by atoms with van der Waals surface area (Å²) in [5, 5.41) is 4.69. The van der Waals surface area contributed by atoms with Crippen LogP contribution < -0.4 is 5.32 Å². The van der Waals surface area contributed by atoms with Crippen molar-refractivity contribution in [2.45, 2.75) is 45.7 Å². The van der Waals surface area contributed by atoms with Gasteiger partial charge in [0.15, 0.2) is 0 Å². The van der Waals surface area contributed by atoms with Crippen LogP contribution in [0.4, 0.5) is 0 Å². The third-order valence-corrected chi connectivity index (χ3v) is 5.96. The number of carbonyl (C=O) groups excluding carboxylic acids is 1. The normalized spacial score (nSPS) is 20.9. The molecule has 0 aliphatic carbocycles. The molecule has 0 unspecified atom stereocenters. The van der Waals surface area contributed by atoms with Crippen molar-refractivity contribution < 1.29 is 4.79 Å². The molecule has 2 aromatic rings. The van der Waals surface area contributed by atoms with Gasteiger partial charge in [0.1, 0.15) is 0 Å². The van der Waals surface area contributed by atoms with Crippen molar-refractivity contribution >= 4 is 16.8 Å². The molecule has 0 bridgehead atoms. The van der Waals surface area contributed by atoms with Crippen molar-refractivity contribution in [1.29, 1.82) is 0 Å². The average molecular weight is 325 g/mol. The number of aromatic nitrogens is 1. The standard InChI is InChI=1S/C20H27N3O/c1-2-22-14-16(17-6-3-4-7-18(17)22)15-23-13-5-8-20(19(23)24)9-11-21-12-10-20/h3-4,6-7,14,21H,2,5,8-13,15H2,1H3. The topological polar surface area (TPSA) is 37.3 Å². The quantitative estimate of drug-likeness (QED) is 0.941. The van der Waals surface area contributed by atoms with Crippen LogP contribution in [0.5, 0.6) is 0 Å². The number of para-hydroxylation sites is 1. The molecule has 4 nitrogen and oxygen atoms in total. The second-order valence-corrected chi connectivity index (χ2v) is 7.32. The number of fused-ring (bicyclic) bond motifs is 1. The van der Waals surface area contributed by atoms with Gasteiger partial charge in [-0.05, 0) is 57.3 Å². The van der Waals surface area contributed by atoms with Crippen LogP contribution in [0, 0.1) is 5.41 Å². The Balaban J connectivity index is 1.62. The SMILES string of the molecule is CCn1cc(CN2CCCC3(CCNCC3)C2=O)c2ccccc21. The summed E-state index contributed by atoms with van der Waals surface area (Å²) in [7, 11) is 0. The highest BCUT2D eigenvalue weighted by atomic mass is 16.2. The fraction of sp³-hybridized carbons (Fsp3) is 0.550. The first kappa shape index (κ1) is 15.7. The van der Waals surface area contributed by atoms with Crippen LogP contribution in [-0.4, -0.2) is 35.0 Å². The highest BCUT2D eigenvalue weighted by molar-refractivity contribution is 5.86. The lowest BCUT2D eigenvalue weighted by Gasteiger charge is -2.44. The van der Waals surface area contributed by atoms with Gasteiger partial charge in [-0.15, -0.1) is 0 Å². The fourth-order valence-corrected chi connectivity index (χ4v) is 4.59. The maximum atomic E-state index is 13.2. The molecule has 3 heterocycles. The maximum Gasteiger partial charge on any atom is 0.229 e. The smallest absolute Gasteiger partial charge is 0.229 e. The summed E-state index contributed by atoms with van der Waals surface area (Å²) in [5.41, 5.74) is 2.47. The van der Waals surface area contributed by atoms with Crippen molar-refractivity contribution in [3.63, 3.8) is 0 Å². The molecule has 2 aliphatic heterocycles. The Morgan fingerprint density at radius 2 is 1.96 bits per heavy atom. The summed E-state index contributed by atoms with van der Waals surface area (Å²) >= 11 is 0. The monoisotopic (exact) mass is 325 g/mol. The van der Waals surface area contributed by atoms with Crippen LogP contribution >= 0.6 is 0 Å². The van der Waals surface area contributed by atoms with E-state index in [9.17, 15) is 4.79 Å². The Morgan fingerprint density at radius 1 is 1.17 bits per heavy atom. The van der Waals surface area contributed by atoms with Crippen LogP contribution in [0.3, 0.4) is 0 Å². The van der Waals surface area contributed by atoms with Crippen molar-refractivity contribution in [2.24, 2.45) is 5.41 Å². The Morgan fingerprint density at radius 3 is 2.75 bits per heavy atom. The lowest BCUT2D eigenvalue weighted by molar-refractivity contribution is -0.149. The molecule has 1 N–H and O–H groups in total. The van der Waals surface area contributed by atoms with Crippen molar-refractivity contribution in [2.75, 3.05) is 19.6 Å². The zero-order chi connectivity index (χ0) is 16.6. The number of nitrogens with one attached hydrogen (secondary N) is 1. The number of nitrogens with zero attached hydrogens (tertiary/aromatic N) is 2. The highest BCUT2D eigenvalue weighted by Crippen LogP contribution is 2.40. The number of hydrogen-bond acceptors (Lipinski definition) is 2. The van der Waals surface area contributed by atoms with Gasteiger partial charge in [0, 0.05) is 36.7 Å². The molecule has 24 heavy (non-hydrogen) atoms. The highest BCUT2D eigenvalue weighted by Gasteiger charge is 2.44. The predicted molar refractivity (Wildman–Crippen MR) is 96.8 cm³/mol. The van der Waals surface area contributed by atoms with E-state index in [4.69, 9.17) is 0 Å². The summed E-state index contributed by atoms with van der Waals surface area (Å²) in [6.45, 7) is 6.75. The molecular formula is C20H27N3O. The van der Waals surface area contributed by atoms with E-state index in [1.54, 1.807) is 0 Å². The minimum atomic E-state index is -0.0906. The van der Waals surface area contributed by atoms with E-state index in [2.05, 4.69) is 52.2 Å². The second kappa shape index (κ2) is 6.25. The number of amides is 1. The largest absolute Gasteiger partial charge is 0.347 e. The molecule has 0 atom stereocenters. The van der Waals surface area contributed by atoms with E-state index in [1.165, 1.54) is 16.5 Å². The van der Waals surface area contributed by atoms with Crippen LogP contribution in [0.2, 0.25) is 0 Å². The first-order chi connectivity index (χ1) is 11.7. The van der Waals surface area contributed by atoms with Crippen molar-refractivity contribution in [1.82, 2.24) is 14.8 Å². The Hall–Kier alpha value is -1.81. The molecule has 0 radical (unpaired) electrons. The summed E-state index contributed by atoms with van der Waals surface area (Å²) in [6, 6.07) is 8.55. The molecule has 4 rings (SSSR count). The molecule has 1 amide bonds. The van der Waals surface area contributed by atoms with Gasteiger partial charge in [-0.25, -0.2) is 0 Å². The number of rotatable bonds is 3. The minimum Gasteiger partial charge on any atom is -0.347 e. The Labute approximate surface area is 143 Å². The summed E-state index contributed by atoms with van der Waals surface area (Å²) < 4.78 is 2.29. The van der Waals surface area contributed by atoms with Gasteiger partial charge in [-0.2, -0.15) is 0 Å². The van der Waals surface area contributed by atoms with Gasteiger partial charge in [0.25, 0.3) is 0 Å². The van der Waals surface area contributed by atoms with E-state index in [0.717, 1.165) is 58.4 Å². The van der Waals surface area contributed by atoms with E-state index in [0.29, 0.717) is 5.91 Å². The van der Waals surface area contributed by atoms with Gasteiger partial charge >= 0.3 is 0 Å². The molecular weight excluding hydrogens is 298 g/mol. The average Bonchev–Trinajstić information content (AvgIpc) is 2.98. The van der Waals surface area contributed by atoms with Crippen LogP contribution in [0.15, 0.2) is 30.5 Å². The van der Waals surface area contributed by atoms with Gasteiger partial charge in [0.2, 0.25) is 5.91 Å². The van der Waals surface area contributed by atoms with Crippen molar-refractivity contribution in [3.05, 3.63) is 36.0 Å². The van der Waals surface area contributed by atoms with Gasteiger partial charge in [-0.3, -0.25) is 4.79 Å². The van der Waals surface area contributed by atoms with Gasteiger partial charge in [-0.1, -0.05) is 18.2 Å². The van der Waals surface area contributed by atoms with Crippen LogP contribution in [0.25, 0.3) is 10.9 Å². The predicted octanol–water partition coefficient (Wildman–Crippen LogP) is 3.15. The maximum absolute atomic E-state index is 13.2. The zero-order valence-corrected chi connectivity index (χ0v) is 14.6. The molecule has 0 saturated carbocycles. The molecule has 2 aliphatic rings. The van der Waals surface area contributed by atoms with E-state index >= 15 is 0 Å². The minimum absolute atomic E-state index is 0.0906. The molecule has 1 spiro atoms. The second-order valence-electron chi connectivity index (χ2n) is 7.32. The Bertz CT molecular complexity index is 737. The number of benzene rings is 1. The summed E-state index contributed by atoms with van der Waals surface area (Å²) in [4.78, 5) is 15.3. The number of likely N-dealkylation sites (tertiary alicyclic amines) is 1. The molecule has 1 aromatic carbocycles. The van der Waals surface area contributed by atoms with E-state index in [1.807, 2.05) is 0 Å². The zero-order valence-electron chi connectivity index (χ0n) is 14.6. The first-order valence-corrected chi connectivity index (χ1v) is 9.30.